The summed E-state index contributed by atoms with van der Waals surface area (Å²) in [6, 6.07) is 6.51. The third-order valence-electron chi connectivity index (χ3n) is 4.59. The number of methoxy groups -OCH3 is 1. The molecular formula is C17H22N2O5. The van der Waals surface area contributed by atoms with Crippen LogP contribution in [-0.4, -0.2) is 53.8 Å². The van der Waals surface area contributed by atoms with Gasteiger partial charge in [-0.2, -0.15) is 0 Å². The lowest BCUT2D eigenvalue weighted by Gasteiger charge is -2.22. The van der Waals surface area contributed by atoms with Gasteiger partial charge in [0.15, 0.2) is 0 Å². The van der Waals surface area contributed by atoms with Crippen molar-refractivity contribution in [2.24, 2.45) is 5.92 Å². The van der Waals surface area contributed by atoms with E-state index in [2.05, 4.69) is 5.32 Å². The smallest absolute Gasteiger partial charge is 0.325 e. The van der Waals surface area contributed by atoms with E-state index in [0.29, 0.717) is 11.5 Å². The van der Waals surface area contributed by atoms with Gasteiger partial charge in [0.1, 0.15) is 29.7 Å². The zero-order chi connectivity index (χ0) is 17.3. The van der Waals surface area contributed by atoms with E-state index in [1.807, 2.05) is 0 Å². The Morgan fingerprint density at radius 3 is 2.50 bits per heavy atom. The fourth-order valence-electron chi connectivity index (χ4n) is 2.95. The molecule has 0 unspecified atom stereocenters. The van der Waals surface area contributed by atoms with Gasteiger partial charge in [-0.05, 0) is 49.9 Å². The number of amides is 3. The molecule has 2 aliphatic rings. The quantitative estimate of drug-likeness (QED) is 0.731. The molecule has 0 aromatic heterocycles. The van der Waals surface area contributed by atoms with Crippen LogP contribution in [0.25, 0.3) is 0 Å². The van der Waals surface area contributed by atoms with Crippen molar-refractivity contribution < 1.29 is 24.2 Å². The third-order valence-corrected chi connectivity index (χ3v) is 4.59. The summed E-state index contributed by atoms with van der Waals surface area (Å²) >= 11 is 0. The second-order valence-electron chi connectivity index (χ2n) is 6.46. The standard InChI is InChI=1S/C17H22N2O5/c1-17(11-3-4-11)15(21)19(16(22)18-17)9-12(20)10-24-14-7-5-13(23-2)6-8-14/h5-8,11-12,20H,3-4,9-10H2,1-2H3,(H,18,22)/t12-,17-/m1/s1. The SMILES string of the molecule is COc1ccc(OC[C@H](O)CN2C(=O)N[C@](C)(C3CC3)C2=O)cc1. The molecule has 1 aromatic rings. The lowest BCUT2D eigenvalue weighted by molar-refractivity contribution is -0.132. The van der Waals surface area contributed by atoms with Gasteiger partial charge in [-0.25, -0.2) is 4.79 Å². The van der Waals surface area contributed by atoms with E-state index < -0.39 is 17.7 Å². The van der Waals surface area contributed by atoms with Crippen LogP contribution in [0.3, 0.4) is 0 Å². The van der Waals surface area contributed by atoms with Crippen molar-refractivity contribution in [2.45, 2.75) is 31.4 Å². The first-order valence-corrected chi connectivity index (χ1v) is 8.03. The molecule has 2 N–H and O–H groups in total. The maximum Gasteiger partial charge on any atom is 0.325 e. The molecule has 0 radical (unpaired) electrons. The first-order valence-electron chi connectivity index (χ1n) is 8.03. The van der Waals surface area contributed by atoms with Crippen molar-refractivity contribution in [3.63, 3.8) is 0 Å². The molecule has 1 saturated carbocycles. The van der Waals surface area contributed by atoms with Gasteiger partial charge in [-0.3, -0.25) is 9.69 Å². The van der Waals surface area contributed by atoms with Gasteiger partial charge in [0.25, 0.3) is 5.91 Å². The number of urea groups is 1. The van der Waals surface area contributed by atoms with Crippen LogP contribution in [0.4, 0.5) is 4.79 Å². The maximum absolute atomic E-state index is 12.5. The van der Waals surface area contributed by atoms with E-state index >= 15 is 0 Å². The summed E-state index contributed by atoms with van der Waals surface area (Å²) in [5, 5.41) is 12.9. The lowest BCUT2D eigenvalue weighted by Crippen LogP contribution is -2.46. The van der Waals surface area contributed by atoms with Crippen LogP contribution in [0.2, 0.25) is 0 Å². The number of nitrogens with zero attached hydrogens (tertiary/aromatic N) is 1. The number of hydrogen-bond donors (Lipinski definition) is 2. The Morgan fingerprint density at radius 2 is 1.92 bits per heavy atom. The van der Waals surface area contributed by atoms with Crippen molar-refractivity contribution >= 4 is 11.9 Å². The minimum absolute atomic E-state index is 0.0104. The normalized spacial score (nSPS) is 24.7. The highest BCUT2D eigenvalue weighted by Crippen LogP contribution is 2.42. The first-order chi connectivity index (χ1) is 11.4. The van der Waals surface area contributed by atoms with E-state index in [4.69, 9.17) is 9.47 Å². The number of rotatable bonds is 7. The molecule has 1 aliphatic heterocycles. The summed E-state index contributed by atoms with van der Waals surface area (Å²) in [6.45, 7) is 1.66. The highest BCUT2D eigenvalue weighted by Gasteiger charge is 2.56. The maximum atomic E-state index is 12.5. The fourth-order valence-corrected chi connectivity index (χ4v) is 2.95. The van der Waals surface area contributed by atoms with Crippen molar-refractivity contribution in [3.05, 3.63) is 24.3 Å². The summed E-state index contributed by atoms with van der Waals surface area (Å²) in [5.41, 5.74) is -0.826. The summed E-state index contributed by atoms with van der Waals surface area (Å²) < 4.78 is 10.5. The second-order valence-corrected chi connectivity index (χ2v) is 6.46. The Kier molecular flexibility index (Phi) is 4.36. The number of ether oxygens (including phenoxy) is 2. The Labute approximate surface area is 140 Å². The zero-order valence-corrected chi connectivity index (χ0v) is 13.8. The number of imide groups is 1. The Hall–Kier alpha value is -2.28. The summed E-state index contributed by atoms with van der Waals surface area (Å²) in [4.78, 5) is 25.6. The molecule has 24 heavy (non-hydrogen) atoms. The van der Waals surface area contributed by atoms with Gasteiger partial charge in [-0.1, -0.05) is 0 Å². The monoisotopic (exact) mass is 334 g/mol. The van der Waals surface area contributed by atoms with Gasteiger partial charge in [0.2, 0.25) is 0 Å². The number of aliphatic hydroxyl groups excluding tert-OH is 1. The number of nitrogens with one attached hydrogen (secondary N) is 1. The molecule has 1 saturated heterocycles. The summed E-state index contributed by atoms with van der Waals surface area (Å²) in [7, 11) is 1.58. The van der Waals surface area contributed by atoms with Gasteiger partial charge >= 0.3 is 6.03 Å². The zero-order valence-electron chi connectivity index (χ0n) is 13.8. The topological polar surface area (TPSA) is 88.1 Å². The van der Waals surface area contributed by atoms with Crippen molar-refractivity contribution in [2.75, 3.05) is 20.3 Å². The number of aliphatic hydroxyl groups is 1. The summed E-state index contributed by atoms with van der Waals surface area (Å²) in [5.74, 6) is 1.22. The van der Waals surface area contributed by atoms with Crippen LogP contribution >= 0.6 is 0 Å². The summed E-state index contributed by atoms with van der Waals surface area (Å²) in [6.07, 6.45) is 0.933. The predicted octanol–water partition coefficient (Wildman–Crippen LogP) is 1.16. The molecule has 0 bridgehead atoms. The van der Waals surface area contributed by atoms with Crippen molar-refractivity contribution in [1.29, 1.82) is 0 Å². The van der Waals surface area contributed by atoms with Crippen LogP contribution in [0.5, 0.6) is 11.5 Å². The first kappa shape index (κ1) is 16.6. The van der Waals surface area contributed by atoms with E-state index in [-0.39, 0.29) is 25.0 Å². The molecule has 3 amide bonds. The van der Waals surface area contributed by atoms with Crippen LogP contribution in [0.15, 0.2) is 24.3 Å². The Morgan fingerprint density at radius 1 is 1.29 bits per heavy atom. The number of β-amino-alcohol motifs (C(OH)–C–C–N with tert-alkyl or cyclic N) is 1. The number of benzene rings is 1. The van der Waals surface area contributed by atoms with Gasteiger partial charge in [0, 0.05) is 0 Å². The number of carbonyl (C=O) groups excluding carboxylic acids is 2. The molecule has 0 spiro atoms. The van der Waals surface area contributed by atoms with E-state index in [1.165, 1.54) is 0 Å². The predicted molar refractivity (Wildman–Crippen MR) is 85.9 cm³/mol. The van der Waals surface area contributed by atoms with Crippen LogP contribution in [0.1, 0.15) is 19.8 Å². The molecule has 2 atom stereocenters. The van der Waals surface area contributed by atoms with Crippen molar-refractivity contribution in [3.8, 4) is 11.5 Å². The number of carbonyl (C=O) groups is 2. The minimum atomic E-state index is -0.955. The van der Waals surface area contributed by atoms with Gasteiger partial charge in [-0.15, -0.1) is 0 Å². The molecule has 1 heterocycles. The molecule has 1 aromatic carbocycles. The third kappa shape index (κ3) is 3.17. The van der Waals surface area contributed by atoms with Crippen molar-refractivity contribution in [1.82, 2.24) is 10.2 Å². The highest BCUT2D eigenvalue weighted by atomic mass is 16.5. The van der Waals surface area contributed by atoms with E-state index in [0.717, 1.165) is 17.7 Å². The van der Waals surface area contributed by atoms with Crippen LogP contribution in [0, 0.1) is 5.92 Å². The molecule has 3 rings (SSSR count). The van der Waals surface area contributed by atoms with Crippen LogP contribution in [-0.2, 0) is 4.79 Å². The van der Waals surface area contributed by atoms with E-state index in [9.17, 15) is 14.7 Å². The Balaban J connectivity index is 1.53. The average molecular weight is 334 g/mol. The van der Waals surface area contributed by atoms with Crippen LogP contribution < -0.4 is 14.8 Å². The molecule has 7 nitrogen and oxygen atoms in total. The second kappa shape index (κ2) is 6.32. The number of hydrogen-bond acceptors (Lipinski definition) is 5. The molecular weight excluding hydrogens is 312 g/mol. The van der Waals surface area contributed by atoms with Gasteiger partial charge in [0.05, 0.1) is 13.7 Å². The highest BCUT2D eigenvalue weighted by molar-refractivity contribution is 6.07. The fraction of sp³-hybridized carbons (Fsp3) is 0.529. The van der Waals surface area contributed by atoms with E-state index in [1.54, 1.807) is 38.3 Å². The molecule has 2 fully saturated rings. The molecule has 7 heteroatoms. The lowest BCUT2D eigenvalue weighted by atomic mass is 9.96. The largest absolute Gasteiger partial charge is 0.497 e. The molecule has 1 aliphatic carbocycles. The average Bonchev–Trinajstić information content (AvgIpc) is 3.40. The minimum Gasteiger partial charge on any atom is -0.497 e. The van der Waals surface area contributed by atoms with Gasteiger partial charge < -0.3 is 19.9 Å². The molecule has 130 valence electrons. The Bertz CT molecular complexity index is 628.